The molecule has 6 heteroatoms. The van der Waals surface area contributed by atoms with Crippen LogP contribution in [0.4, 0.5) is 0 Å². The van der Waals surface area contributed by atoms with Gasteiger partial charge in [0.1, 0.15) is 0 Å². The summed E-state index contributed by atoms with van der Waals surface area (Å²) in [6, 6.07) is 4.83. The van der Waals surface area contributed by atoms with E-state index < -0.39 is 11.9 Å². The number of carbonyl (C=O) groups is 2. The van der Waals surface area contributed by atoms with Crippen molar-refractivity contribution in [2.45, 2.75) is 19.3 Å². The summed E-state index contributed by atoms with van der Waals surface area (Å²) in [5.74, 6) is -1.84. The topological polar surface area (TPSA) is 66.4 Å². The number of nitrogens with one attached hydrogen (secondary N) is 1. The monoisotopic (exact) mass is 299 g/mol. The minimum absolute atomic E-state index is 0.0559. The number of hydrogen-bond donors (Lipinski definition) is 2. The predicted octanol–water partition coefficient (Wildman–Crippen LogP) is 2.96. The molecule has 2 N–H and O–H groups in total. The third kappa shape index (κ3) is 2.74. The molecule has 0 aromatic heterocycles. The molecule has 0 bridgehead atoms. The Balaban J connectivity index is 2.55. The Hall–Kier alpha value is -1.52. The molecule has 1 aliphatic rings. The van der Waals surface area contributed by atoms with Crippen molar-refractivity contribution >= 4 is 35.1 Å². The van der Waals surface area contributed by atoms with E-state index >= 15 is 0 Å². The maximum atomic E-state index is 11.6. The third-order valence-electron chi connectivity index (χ3n) is 3.04. The van der Waals surface area contributed by atoms with E-state index in [0.717, 1.165) is 0 Å². The number of rotatable bonds is 2. The van der Waals surface area contributed by atoms with Crippen molar-refractivity contribution < 1.29 is 14.7 Å². The van der Waals surface area contributed by atoms with Crippen LogP contribution < -0.4 is 5.32 Å². The molecule has 1 heterocycles. The van der Waals surface area contributed by atoms with Gasteiger partial charge >= 0.3 is 5.97 Å². The van der Waals surface area contributed by atoms with Gasteiger partial charge in [-0.05, 0) is 24.6 Å². The second kappa shape index (κ2) is 5.23. The van der Waals surface area contributed by atoms with Crippen LogP contribution in [0.25, 0.3) is 0 Å². The molecule has 1 aliphatic heterocycles. The van der Waals surface area contributed by atoms with Crippen molar-refractivity contribution in [1.29, 1.82) is 0 Å². The fraction of sp³-hybridized carbons (Fsp3) is 0.231. The molecule has 0 unspecified atom stereocenters. The molecule has 100 valence electrons. The van der Waals surface area contributed by atoms with Crippen LogP contribution in [-0.4, -0.2) is 17.0 Å². The molecule has 2 rings (SSSR count). The molecule has 1 amide bonds. The van der Waals surface area contributed by atoms with Crippen molar-refractivity contribution in [3.63, 3.8) is 0 Å². The summed E-state index contributed by atoms with van der Waals surface area (Å²) >= 11 is 11.9. The van der Waals surface area contributed by atoms with Gasteiger partial charge < -0.3 is 10.4 Å². The Labute approximate surface area is 120 Å². The summed E-state index contributed by atoms with van der Waals surface area (Å²) in [4.78, 5) is 23.0. The summed E-state index contributed by atoms with van der Waals surface area (Å²) < 4.78 is 0. The molecule has 0 saturated carbocycles. The van der Waals surface area contributed by atoms with Gasteiger partial charge in [-0.1, -0.05) is 29.3 Å². The van der Waals surface area contributed by atoms with Gasteiger partial charge in [0.2, 0.25) is 5.91 Å². The maximum Gasteiger partial charge on any atom is 0.333 e. The Kier molecular flexibility index (Phi) is 3.83. The van der Waals surface area contributed by atoms with Crippen LogP contribution in [0.1, 0.15) is 24.8 Å². The van der Waals surface area contributed by atoms with Crippen LogP contribution in [0, 0.1) is 0 Å². The molecule has 1 atom stereocenters. The first kappa shape index (κ1) is 13.9. The average molecular weight is 300 g/mol. The van der Waals surface area contributed by atoms with Crippen molar-refractivity contribution in [3.8, 4) is 0 Å². The first-order valence-electron chi connectivity index (χ1n) is 5.59. The van der Waals surface area contributed by atoms with Crippen LogP contribution in [0.2, 0.25) is 10.0 Å². The molecule has 1 aromatic rings. The van der Waals surface area contributed by atoms with Gasteiger partial charge in [-0.3, -0.25) is 4.79 Å². The summed E-state index contributed by atoms with van der Waals surface area (Å²) in [5.41, 5.74) is 1.10. The molecule has 1 aromatic carbocycles. The average Bonchev–Trinajstić information content (AvgIpc) is 2.26. The standard InChI is InChI=1S/C13H11Cl2NO3/c1-6-12(13(18)19)9(5-11(17)16-6)8-3-2-7(14)4-10(8)15/h2-4,9H,5H2,1H3,(H,16,17)(H,18,19)/t9-/m0/s1. The number of hydrogen-bond acceptors (Lipinski definition) is 2. The lowest BCUT2D eigenvalue weighted by Crippen LogP contribution is -2.33. The van der Waals surface area contributed by atoms with Gasteiger partial charge in [-0.2, -0.15) is 0 Å². The first-order chi connectivity index (χ1) is 8.90. The molecule has 0 aliphatic carbocycles. The fourth-order valence-electron chi connectivity index (χ4n) is 2.24. The lowest BCUT2D eigenvalue weighted by Gasteiger charge is -2.26. The van der Waals surface area contributed by atoms with Crippen molar-refractivity contribution in [2.24, 2.45) is 0 Å². The number of halogens is 2. The molecule has 19 heavy (non-hydrogen) atoms. The van der Waals surface area contributed by atoms with Crippen LogP contribution in [0.3, 0.4) is 0 Å². The first-order valence-corrected chi connectivity index (χ1v) is 6.34. The van der Waals surface area contributed by atoms with Gasteiger partial charge in [0.15, 0.2) is 0 Å². The maximum absolute atomic E-state index is 11.6. The van der Waals surface area contributed by atoms with E-state index in [1.165, 1.54) is 0 Å². The van der Waals surface area contributed by atoms with Gasteiger partial charge in [-0.25, -0.2) is 4.79 Å². The molecule has 0 saturated heterocycles. The highest BCUT2D eigenvalue weighted by molar-refractivity contribution is 6.35. The Morgan fingerprint density at radius 1 is 1.42 bits per heavy atom. The number of amides is 1. The normalized spacial score (nSPS) is 19.3. The largest absolute Gasteiger partial charge is 0.478 e. The highest BCUT2D eigenvalue weighted by Gasteiger charge is 2.32. The number of carboxylic acid groups (broad SMARTS) is 1. The van der Waals surface area contributed by atoms with E-state index in [1.54, 1.807) is 25.1 Å². The number of allylic oxidation sites excluding steroid dienone is 1. The fourth-order valence-corrected chi connectivity index (χ4v) is 2.78. The van der Waals surface area contributed by atoms with Gasteiger partial charge in [-0.15, -0.1) is 0 Å². The van der Waals surface area contributed by atoms with Gasteiger partial charge in [0.05, 0.1) is 5.57 Å². The molecule has 4 nitrogen and oxygen atoms in total. The van der Waals surface area contributed by atoms with E-state index in [9.17, 15) is 14.7 Å². The van der Waals surface area contributed by atoms with Crippen molar-refractivity contribution in [3.05, 3.63) is 45.1 Å². The van der Waals surface area contributed by atoms with E-state index in [4.69, 9.17) is 23.2 Å². The second-order valence-corrected chi connectivity index (χ2v) is 5.16. The lowest BCUT2D eigenvalue weighted by molar-refractivity contribution is -0.133. The van der Waals surface area contributed by atoms with E-state index in [-0.39, 0.29) is 17.9 Å². The molecule has 0 radical (unpaired) electrons. The molecule has 0 spiro atoms. The van der Waals surface area contributed by atoms with Crippen molar-refractivity contribution in [1.82, 2.24) is 5.32 Å². The van der Waals surface area contributed by atoms with Crippen LogP contribution in [0.5, 0.6) is 0 Å². The predicted molar refractivity (Wildman–Crippen MR) is 72.3 cm³/mol. The zero-order valence-corrected chi connectivity index (χ0v) is 11.5. The lowest BCUT2D eigenvalue weighted by atomic mass is 9.84. The zero-order chi connectivity index (χ0) is 14.2. The smallest absolute Gasteiger partial charge is 0.333 e. The molecule has 0 fully saturated rings. The number of aliphatic carboxylic acids is 1. The highest BCUT2D eigenvalue weighted by atomic mass is 35.5. The second-order valence-electron chi connectivity index (χ2n) is 4.31. The van der Waals surface area contributed by atoms with Crippen LogP contribution in [0.15, 0.2) is 29.5 Å². The van der Waals surface area contributed by atoms with Gasteiger partial charge in [0, 0.05) is 28.1 Å². The van der Waals surface area contributed by atoms with Crippen LogP contribution in [-0.2, 0) is 9.59 Å². The Morgan fingerprint density at radius 3 is 2.68 bits per heavy atom. The Morgan fingerprint density at radius 2 is 2.11 bits per heavy atom. The summed E-state index contributed by atoms with van der Waals surface area (Å²) in [6.07, 6.45) is 0.0559. The number of carboxylic acids is 1. The molecular weight excluding hydrogens is 289 g/mol. The van der Waals surface area contributed by atoms with E-state index in [2.05, 4.69) is 5.32 Å². The van der Waals surface area contributed by atoms with E-state index in [1.807, 2.05) is 0 Å². The highest BCUT2D eigenvalue weighted by Crippen LogP contribution is 2.37. The van der Waals surface area contributed by atoms with Gasteiger partial charge in [0.25, 0.3) is 0 Å². The zero-order valence-electron chi connectivity index (χ0n) is 10.0. The summed E-state index contributed by atoms with van der Waals surface area (Å²) in [5, 5.41) is 12.7. The summed E-state index contributed by atoms with van der Waals surface area (Å²) in [7, 11) is 0. The quantitative estimate of drug-likeness (QED) is 0.882. The number of benzene rings is 1. The SMILES string of the molecule is CC1=C(C(=O)O)[C@H](c2ccc(Cl)cc2Cl)CC(=O)N1. The van der Waals surface area contributed by atoms with E-state index in [0.29, 0.717) is 21.3 Å². The van der Waals surface area contributed by atoms with Crippen LogP contribution >= 0.6 is 23.2 Å². The van der Waals surface area contributed by atoms with Crippen molar-refractivity contribution in [2.75, 3.05) is 0 Å². The minimum Gasteiger partial charge on any atom is -0.478 e. The third-order valence-corrected chi connectivity index (χ3v) is 3.60. The Bertz CT molecular complexity index is 596. The number of carbonyl (C=O) groups excluding carboxylic acids is 1. The molecular formula is C13H11Cl2NO3. The summed E-state index contributed by atoms with van der Waals surface area (Å²) in [6.45, 7) is 1.57. The minimum atomic E-state index is -1.06.